The zero-order chi connectivity index (χ0) is 11.3. The molecular formula is C12H26N2O. The lowest BCUT2D eigenvalue weighted by molar-refractivity contribution is 0.116. The Morgan fingerprint density at radius 3 is 2.87 bits per heavy atom. The van der Waals surface area contributed by atoms with E-state index < -0.39 is 0 Å². The Balaban J connectivity index is 2.04. The third-order valence-electron chi connectivity index (χ3n) is 3.08. The van der Waals surface area contributed by atoms with Gasteiger partial charge in [0.2, 0.25) is 0 Å². The first-order valence-corrected chi connectivity index (χ1v) is 6.18. The van der Waals surface area contributed by atoms with Crippen LogP contribution in [0.4, 0.5) is 0 Å². The fourth-order valence-electron chi connectivity index (χ4n) is 1.71. The van der Waals surface area contributed by atoms with Crippen molar-refractivity contribution < 1.29 is 4.74 Å². The van der Waals surface area contributed by atoms with Crippen molar-refractivity contribution in [3.05, 3.63) is 0 Å². The number of nitrogens with two attached hydrogens (primary N) is 1. The molecule has 90 valence electrons. The molecule has 1 rings (SSSR count). The third-order valence-corrected chi connectivity index (χ3v) is 3.08. The van der Waals surface area contributed by atoms with Crippen molar-refractivity contribution in [2.24, 2.45) is 11.7 Å². The van der Waals surface area contributed by atoms with Crippen LogP contribution in [-0.2, 0) is 4.74 Å². The number of nitrogens with one attached hydrogen (secondary N) is 1. The summed E-state index contributed by atoms with van der Waals surface area (Å²) in [6.07, 6.45) is 3.47. The van der Waals surface area contributed by atoms with Crippen LogP contribution in [0.1, 0.15) is 40.0 Å². The van der Waals surface area contributed by atoms with Crippen molar-refractivity contribution in [3.63, 3.8) is 0 Å². The second-order valence-electron chi connectivity index (χ2n) is 5.10. The highest BCUT2D eigenvalue weighted by atomic mass is 16.5. The van der Waals surface area contributed by atoms with Crippen molar-refractivity contribution in [2.45, 2.75) is 51.6 Å². The van der Waals surface area contributed by atoms with E-state index in [1.54, 1.807) is 0 Å². The van der Waals surface area contributed by atoms with Gasteiger partial charge >= 0.3 is 0 Å². The minimum Gasteiger partial charge on any atom is -0.381 e. The first-order valence-electron chi connectivity index (χ1n) is 6.18. The lowest BCUT2D eigenvalue weighted by Crippen LogP contribution is -2.41. The molecule has 0 heterocycles. The van der Waals surface area contributed by atoms with Crippen LogP contribution in [0.3, 0.4) is 0 Å². The maximum absolute atomic E-state index is 6.21. The maximum atomic E-state index is 6.21. The Labute approximate surface area is 93.8 Å². The summed E-state index contributed by atoms with van der Waals surface area (Å²) in [6, 6.07) is 0.521. The normalized spacial score (nSPS) is 29.8. The fraction of sp³-hybridized carbons (Fsp3) is 1.00. The molecule has 0 unspecified atom stereocenters. The molecule has 0 bridgehead atoms. The van der Waals surface area contributed by atoms with Crippen LogP contribution >= 0.6 is 0 Å². The van der Waals surface area contributed by atoms with Gasteiger partial charge in [0.1, 0.15) is 0 Å². The summed E-state index contributed by atoms with van der Waals surface area (Å²) in [6.45, 7) is 9.14. The van der Waals surface area contributed by atoms with Crippen LogP contribution in [0.25, 0.3) is 0 Å². The zero-order valence-electron chi connectivity index (χ0n) is 10.4. The molecule has 0 aliphatic heterocycles. The molecule has 0 aromatic rings. The van der Waals surface area contributed by atoms with E-state index in [0.29, 0.717) is 12.0 Å². The molecule has 0 amide bonds. The van der Waals surface area contributed by atoms with E-state index in [-0.39, 0.29) is 5.54 Å². The van der Waals surface area contributed by atoms with Gasteiger partial charge in [-0.05, 0) is 12.8 Å². The average Bonchev–Trinajstić information content (AvgIpc) is 2.83. The zero-order valence-corrected chi connectivity index (χ0v) is 10.4. The summed E-state index contributed by atoms with van der Waals surface area (Å²) in [7, 11) is 0. The van der Waals surface area contributed by atoms with E-state index in [1.807, 2.05) is 0 Å². The quantitative estimate of drug-likeness (QED) is 0.602. The Bertz CT molecular complexity index is 184. The second kappa shape index (κ2) is 5.83. The molecular weight excluding hydrogens is 188 g/mol. The molecule has 3 nitrogen and oxygen atoms in total. The summed E-state index contributed by atoms with van der Waals surface area (Å²) < 4.78 is 5.59. The highest BCUT2D eigenvalue weighted by Crippen LogP contribution is 2.40. The van der Waals surface area contributed by atoms with Crippen molar-refractivity contribution in [3.8, 4) is 0 Å². The van der Waals surface area contributed by atoms with E-state index >= 15 is 0 Å². The van der Waals surface area contributed by atoms with Gasteiger partial charge in [-0.15, -0.1) is 0 Å². The predicted molar refractivity (Wildman–Crippen MR) is 63.9 cm³/mol. The van der Waals surface area contributed by atoms with Crippen molar-refractivity contribution in [2.75, 3.05) is 19.8 Å². The van der Waals surface area contributed by atoms with Gasteiger partial charge in [-0.2, -0.15) is 0 Å². The maximum Gasteiger partial charge on any atom is 0.0513 e. The largest absolute Gasteiger partial charge is 0.381 e. The van der Waals surface area contributed by atoms with E-state index in [1.165, 1.54) is 6.42 Å². The van der Waals surface area contributed by atoms with E-state index in [2.05, 4.69) is 26.1 Å². The van der Waals surface area contributed by atoms with Crippen LogP contribution in [0.2, 0.25) is 0 Å². The Morgan fingerprint density at radius 1 is 1.53 bits per heavy atom. The molecule has 0 radical (unpaired) electrons. The monoisotopic (exact) mass is 214 g/mol. The molecule has 3 N–H and O–H groups in total. The molecule has 0 aromatic heterocycles. The summed E-state index contributed by atoms with van der Waals surface area (Å²) in [5.41, 5.74) is 6.22. The smallest absolute Gasteiger partial charge is 0.0513 e. The Hall–Kier alpha value is -0.120. The molecule has 1 fully saturated rings. The highest BCUT2D eigenvalue weighted by molar-refractivity contribution is 5.09. The summed E-state index contributed by atoms with van der Waals surface area (Å²) in [4.78, 5) is 0. The summed E-state index contributed by atoms with van der Waals surface area (Å²) in [5, 5.41) is 3.40. The Kier molecular flexibility index (Phi) is 5.03. The lowest BCUT2D eigenvalue weighted by atomic mass is 10.2. The highest BCUT2D eigenvalue weighted by Gasteiger charge is 2.50. The minimum atomic E-state index is 0.0104. The molecule has 1 saturated carbocycles. The first-order chi connectivity index (χ1) is 7.08. The van der Waals surface area contributed by atoms with Gasteiger partial charge in [0.05, 0.1) is 6.61 Å². The predicted octanol–water partition coefficient (Wildman–Crippen LogP) is 1.52. The second-order valence-corrected chi connectivity index (χ2v) is 5.10. The van der Waals surface area contributed by atoms with Crippen molar-refractivity contribution in [1.82, 2.24) is 5.32 Å². The van der Waals surface area contributed by atoms with Crippen LogP contribution in [0, 0.1) is 5.92 Å². The van der Waals surface area contributed by atoms with Crippen LogP contribution in [0.15, 0.2) is 0 Å². The van der Waals surface area contributed by atoms with Crippen molar-refractivity contribution >= 4 is 0 Å². The number of hydrogen-bond acceptors (Lipinski definition) is 3. The lowest BCUT2D eigenvalue weighted by Gasteiger charge is -2.15. The van der Waals surface area contributed by atoms with Gasteiger partial charge in [-0.1, -0.05) is 27.2 Å². The molecule has 2 atom stereocenters. The number of rotatable bonds is 8. The summed E-state index contributed by atoms with van der Waals surface area (Å²) in [5.74, 6) is 0.570. The van der Waals surface area contributed by atoms with Gasteiger partial charge in [-0.3, -0.25) is 0 Å². The first kappa shape index (κ1) is 12.9. The van der Waals surface area contributed by atoms with E-state index in [9.17, 15) is 0 Å². The molecule has 1 aliphatic carbocycles. The van der Waals surface area contributed by atoms with Gasteiger partial charge < -0.3 is 15.8 Å². The molecule has 3 heteroatoms. The van der Waals surface area contributed by atoms with Crippen LogP contribution in [0.5, 0.6) is 0 Å². The molecule has 15 heavy (non-hydrogen) atoms. The average molecular weight is 214 g/mol. The van der Waals surface area contributed by atoms with E-state index in [0.717, 1.165) is 32.6 Å². The van der Waals surface area contributed by atoms with Crippen LogP contribution < -0.4 is 11.1 Å². The Morgan fingerprint density at radius 2 is 2.27 bits per heavy atom. The van der Waals surface area contributed by atoms with Crippen LogP contribution in [-0.4, -0.2) is 31.3 Å². The van der Waals surface area contributed by atoms with E-state index in [4.69, 9.17) is 10.5 Å². The standard InChI is InChI=1S/C12H26N2O/c1-4-5-6-15-8-11-7-12(11,13)9-14-10(2)3/h10-11,14H,4-9,13H2,1-3H3/t11-,12+/m0/s1. The summed E-state index contributed by atoms with van der Waals surface area (Å²) >= 11 is 0. The topological polar surface area (TPSA) is 47.3 Å². The molecule has 0 aromatic carbocycles. The number of unbranched alkanes of at least 4 members (excludes halogenated alkanes) is 1. The number of hydrogen-bond donors (Lipinski definition) is 2. The molecule has 0 spiro atoms. The SMILES string of the molecule is CCCCOC[C@@H]1C[C@@]1(N)CNC(C)C. The third kappa shape index (κ3) is 4.49. The molecule has 0 saturated heterocycles. The van der Waals surface area contributed by atoms with Gasteiger partial charge in [-0.25, -0.2) is 0 Å². The number of ether oxygens (including phenoxy) is 1. The van der Waals surface area contributed by atoms with Gasteiger partial charge in [0.15, 0.2) is 0 Å². The fourth-order valence-corrected chi connectivity index (χ4v) is 1.71. The van der Waals surface area contributed by atoms with Gasteiger partial charge in [0.25, 0.3) is 0 Å². The molecule has 1 aliphatic rings. The minimum absolute atomic E-state index is 0.0104. The van der Waals surface area contributed by atoms with Gasteiger partial charge in [0, 0.05) is 30.7 Å². The van der Waals surface area contributed by atoms with Crippen molar-refractivity contribution in [1.29, 1.82) is 0 Å².